The minimum atomic E-state index is -2.65. The van der Waals surface area contributed by atoms with Gasteiger partial charge >= 0.3 is 68.5 Å². The molecule has 0 saturated carbocycles. The molecule has 0 radical (unpaired) electrons. The average Bonchev–Trinajstić information content (AvgIpc) is 3.11. The molecule has 0 saturated heterocycles. The second kappa shape index (κ2) is 37.9. The van der Waals surface area contributed by atoms with E-state index in [0.29, 0.717) is 0 Å². The van der Waals surface area contributed by atoms with E-state index in [1.54, 1.807) is 0 Å². The summed E-state index contributed by atoms with van der Waals surface area (Å²) in [6, 6.07) is 3.19. The minimum absolute atomic E-state index is 0.139. The van der Waals surface area contributed by atoms with Crippen molar-refractivity contribution in [2.75, 3.05) is 0 Å². The summed E-state index contributed by atoms with van der Waals surface area (Å²) >= 11 is 0. The Balaban J connectivity index is -0.00000119. The number of hydrogen-bond acceptors (Lipinski definition) is 11. The average molecular weight is 1200 g/mol. The van der Waals surface area contributed by atoms with E-state index in [0.717, 1.165) is 18.5 Å². The molecule has 3 atom stereocenters. The van der Waals surface area contributed by atoms with Crippen LogP contribution in [0.1, 0.15) is 136 Å². The van der Waals surface area contributed by atoms with Crippen molar-refractivity contribution in [1.82, 2.24) is 0 Å². The lowest BCUT2D eigenvalue weighted by molar-refractivity contribution is -0.138. The molecule has 11 nitrogen and oxygen atoms in total. The van der Waals surface area contributed by atoms with Crippen molar-refractivity contribution in [2.45, 2.75) is 305 Å². The third kappa shape index (κ3) is 50.9. The summed E-state index contributed by atoms with van der Waals surface area (Å²) < 4.78 is 63.7. The quantitative estimate of drug-likeness (QED) is 0.0274. The van der Waals surface area contributed by atoms with Crippen molar-refractivity contribution in [2.24, 2.45) is 0 Å². The summed E-state index contributed by atoms with van der Waals surface area (Å²) in [4.78, 5) is 11.2. The first-order valence-electron chi connectivity index (χ1n) is 28.3. The van der Waals surface area contributed by atoms with Crippen LogP contribution in [-0.2, 0) is 42.1 Å². The van der Waals surface area contributed by atoms with E-state index in [9.17, 15) is 4.80 Å². The van der Waals surface area contributed by atoms with Crippen molar-refractivity contribution >= 4 is 104 Å². The molecule has 70 heavy (non-hydrogen) atoms. The molecule has 0 amide bonds. The number of rotatable bonds is 40. The molecule has 0 fully saturated rings. The molecule has 426 valence electrons. The van der Waals surface area contributed by atoms with Crippen LogP contribution in [0.5, 0.6) is 0 Å². The first-order chi connectivity index (χ1) is 31.7. The molecule has 3 unspecified atom stereocenters. The second-order valence-electron chi connectivity index (χ2n) is 25.0. The Morgan fingerprint density at radius 2 is 0.657 bits per heavy atom. The summed E-state index contributed by atoms with van der Waals surface area (Å²) in [6.07, 6.45) is 23.5. The highest BCUT2D eigenvalue weighted by molar-refractivity contribution is 6.91. The number of hydrogen-bond donors (Lipinski definition) is 1. The maximum Gasteiger partial charge on any atom is 0.358 e. The van der Waals surface area contributed by atoms with Gasteiger partial charge in [0.15, 0.2) is 18.1 Å². The molecule has 23 heteroatoms. The van der Waals surface area contributed by atoms with Crippen LogP contribution >= 0.6 is 0 Å². The van der Waals surface area contributed by atoms with Crippen molar-refractivity contribution in [3.8, 4) is 0 Å². The zero-order chi connectivity index (χ0) is 55.2. The second-order valence-corrected chi connectivity index (χ2v) is 66.5. The maximum atomic E-state index is 11.2. The molecule has 0 rings (SSSR count). The highest BCUT2D eigenvalue weighted by Gasteiger charge is 2.48. The van der Waals surface area contributed by atoms with Gasteiger partial charge in [-0.3, -0.25) is 9.15 Å². The van der Waals surface area contributed by atoms with Crippen LogP contribution in [-0.4, -0.2) is 108 Å². The van der Waals surface area contributed by atoms with Crippen molar-refractivity contribution < 1.29 is 46.9 Å². The van der Waals surface area contributed by atoms with E-state index in [2.05, 4.69) is 139 Å². The Morgan fingerprint density at radius 3 is 1.01 bits per heavy atom. The molecular formula is C47H124O11Si12. The van der Waals surface area contributed by atoms with Gasteiger partial charge in [0.2, 0.25) is 8.32 Å². The van der Waals surface area contributed by atoms with Gasteiger partial charge in [-0.05, 0) is 149 Å². The van der Waals surface area contributed by atoms with E-state index in [4.69, 9.17) is 42.1 Å². The highest BCUT2D eigenvalue weighted by atomic mass is 28.5. The van der Waals surface area contributed by atoms with Gasteiger partial charge in [-0.25, -0.2) is 0 Å². The van der Waals surface area contributed by atoms with Crippen LogP contribution in [0.4, 0.5) is 0 Å². The van der Waals surface area contributed by atoms with Gasteiger partial charge in [0.25, 0.3) is 0 Å². The zero-order valence-electron chi connectivity index (χ0n) is 51.6. The molecule has 0 aliphatic carbocycles. The predicted molar refractivity (Wildman–Crippen MR) is 336 cm³/mol. The third-order valence-corrected chi connectivity index (χ3v) is 46.2. The summed E-state index contributed by atoms with van der Waals surface area (Å²) in [6.45, 7) is 55.6. The van der Waals surface area contributed by atoms with Gasteiger partial charge < -0.3 is 37.7 Å². The zero-order valence-corrected chi connectivity index (χ0v) is 64.1. The lowest BCUT2D eigenvalue weighted by Crippen LogP contribution is -2.60. The Hall–Kier alpha value is 2.16. The molecule has 0 aromatic heterocycles. The molecule has 0 spiro atoms. The third-order valence-electron chi connectivity index (χ3n) is 10.3. The van der Waals surface area contributed by atoms with Crippen molar-refractivity contribution in [1.29, 1.82) is 0 Å². The molecule has 0 aromatic rings. The Morgan fingerprint density at radius 1 is 0.343 bits per heavy atom. The van der Waals surface area contributed by atoms with E-state index in [-0.39, 0.29) is 8.80 Å². The largest absolute Gasteiger partial charge is 0.440 e. The summed E-state index contributed by atoms with van der Waals surface area (Å²) in [7, 11) is -24.1. The van der Waals surface area contributed by atoms with E-state index in [1.807, 2.05) is 32.7 Å². The Kier molecular flexibility index (Phi) is 41.3. The standard InChI is InChI=1S/C27H62O3Si3.C17H52O8Si8.C3H10Si/c1-7-10-13-16-19-22-25-31(4)29-33(6,27-24-21-18-15-12-9-3)30-32(5,28)26-23-20-17-14-11-8-2;1-26(2)20-29(8,9)22-31(12,13)24-33(16,17)25-32(14,15)23-30(10,11)21-28(6,7)19-18-27(3,4)5;1-4(2)3/h28,31H,7-27H2,1-6H3;26H,1-17H3;4H,1-3H3. The van der Waals surface area contributed by atoms with Crippen LogP contribution in [0.15, 0.2) is 0 Å². The number of unbranched alkanes of at least 4 members (excludes halogenated alkanes) is 15. The van der Waals surface area contributed by atoms with Crippen molar-refractivity contribution in [3.05, 3.63) is 0 Å². The molecule has 1 N–H and O–H groups in total. The van der Waals surface area contributed by atoms with Gasteiger partial charge in [-0.15, -0.1) is 0 Å². The van der Waals surface area contributed by atoms with E-state index in [1.165, 1.54) is 115 Å². The van der Waals surface area contributed by atoms with Gasteiger partial charge in [-0.1, -0.05) is 156 Å². The Bertz CT molecular complexity index is 1270. The van der Waals surface area contributed by atoms with E-state index >= 15 is 0 Å². The normalized spacial score (nSPS) is 15.6. The smallest absolute Gasteiger partial charge is 0.358 e. The van der Waals surface area contributed by atoms with Crippen LogP contribution in [0.25, 0.3) is 0 Å². The molecule has 0 aromatic carbocycles. The van der Waals surface area contributed by atoms with Crippen LogP contribution in [0.2, 0.25) is 169 Å². The van der Waals surface area contributed by atoms with Gasteiger partial charge in [-0.2, -0.15) is 0 Å². The summed E-state index contributed by atoms with van der Waals surface area (Å²) in [5.41, 5.74) is 0. The molecule has 0 aliphatic heterocycles. The first kappa shape index (κ1) is 76.4. The van der Waals surface area contributed by atoms with Crippen LogP contribution < -0.4 is 0 Å². The fourth-order valence-electron chi connectivity index (χ4n) is 8.68. The SMILES string of the molecule is CCCCCCCC[SiH](C)O[Si](C)(CCCCCCCC)O[Si](C)(O)CCCCCCCC.C[SiH](C)C.C[SiH](C)O[Si](C)(C)O[Si](C)(C)O[Si](C)(C)O[Si](C)(C)O[Si](C)(C)O[Si](C)(C)OO[Si](C)(C)C. The van der Waals surface area contributed by atoms with Gasteiger partial charge in [0.1, 0.15) is 0 Å². The Labute approximate surface area is 452 Å². The monoisotopic (exact) mass is 1200 g/mol. The maximum absolute atomic E-state index is 11.2. The topological polar surface area (TPSA) is 113 Å². The first-order valence-corrected chi connectivity index (χ1v) is 62.4. The molecular weight excluding hydrogens is 1080 g/mol. The lowest BCUT2D eigenvalue weighted by Gasteiger charge is -2.43. The highest BCUT2D eigenvalue weighted by Crippen LogP contribution is 2.30. The van der Waals surface area contributed by atoms with Gasteiger partial charge in [0.05, 0.1) is 0 Å². The van der Waals surface area contributed by atoms with E-state index < -0.39 is 94.9 Å². The molecule has 0 aliphatic rings. The minimum Gasteiger partial charge on any atom is -0.440 e. The van der Waals surface area contributed by atoms with Gasteiger partial charge in [0, 0.05) is 8.80 Å². The van der Waals surface area contributed by atoms with Crippen molar-refractivity contribution in [3.63, 3.8) is 0 Å². The van der Waals surface area contributed by atoms with Crippen LogP contribution in [0, 0.1) is 0 Å². The lowest BCUT2D eigenvalue weighted by atomic mass is 10.1. The van der Waals surface area contributed by atoms with Crippen LogP contribution in [0.3, 0.4) is 0 Å². The predicted octanol–water partition coefficient (Wildman–Crippen LogP) is 16.8. The molecule has 0 bridgehead atoms. The summed E-state index contributed by atoms with van der Waals surface area (Å²) in [5, 5.41) is 0. The molecule has 0 heterocycles. The summed E-state index contributed by atoms with van der Waals surface area (Å²) in [5.74, 6) is 0. The fraction of sp³-hybridized carbons (Fsp3) is 1.00. The fourth-order valence-corrected chi connectivity index (χ4v) is 53.8.